The van der Waals surface area contributed by atoms with Gasteiger partial charge in [0.2, 0.25) is 0 Å². The summed E-state index contributed by atoms with van der Waals surface area (Å²) in [6, 6.07) is 14.9. The van der Waals surface area contributed by atoms with Crippen LogP contribution in [0.15, 0.2) is 42.5 Å². The Kier molecular flexibility index (Phi) is 3.58. The Morgan fingerprint density at radius 1 is 1.25 bits per heavy atom. The van der Waals surface area contributed by atoms with E-state index in [9.17, 15) is 0 Å². The van der Waals surface area contributed by atoms with Gasteiger partial charge in [-0.2, -0.15) is 0 Å². The lowest BCUT2D eigenvalue weighted by Crippen LogP contribution is -2.36. The fraction of sp³-hybridized carbons (Fsp3) is 0.294. The van der Waals surface area contributed by atoms with Crippen molar-refractivity contribution in [3.8, 4) is 0 Å². The molecular formula is C17H19ClN2. The van der Waals surface area contributed by atoms with E-state index in [2.05, 4.69) is 36.1 Å². The van der Waals surface area contributed by atoms with Crippen LogP contribution in [0.25, 0.3) is 0 Å². The van der Waals surface area contributed by atoms with Crippen molar-refractivity contribution in [1.29, 1.82) is 0 Å². The number of fused-ring (bicyclic) bond motifs is 1. The van der Waals surface area contributed by atoms with Crippen molar-refractivity contribution < 1.29 is 0 Å². The van der Waals surface area contributed by atoms with Crippen molar-refractivity contribution in [2.45, 2.75) is 32.4 Å². The average molecular weight is 287 g/mol. The fourth-order valence-corrected chi connectivity index (χ4v) is 3.08. The van der Waals surface area contributed by atoms with Gasteiger partial charge in [-0.25, -0.2) is 0 Å². The summed E-state index contributed by atoms with van der Waals surface area (Å²) in [7, 11) is 0. The van der Waals surface area contributed by atoms with Crippen LogP contribution in [0, 0.1) is 0 Å². The summed E-state index contributed by atoms with van der Waals surface area (Å²) in [6.45, 7) is 3.08. The standard InChI is InChI=1S/C17H19ClN2/c1-12-6-7-13-4-2-3-5-17(13)20(12)11-14-10-15(19)8-9-16(14)18/h2-5,8-10,12H,6-7,11,19H2,1H3. The number of benzene rings is 2. The Morgan fingerprint density at radius 2 is 2.05 bits per heavy atom. The molecular weight excluding hydrogens is 268 g/mol. The minimum absolute atomic E-state index is 0.516. The molecule has 2 N–H and O–H groups in total. The van der Waals surface area contributed by atoms with E-state index >= 15 is 0 Å². The molecule has 1 atom stereocenters. The van der Waals surface area contributed by atoms with Gasteiger partial charge in [-0.05, 0) is 55.2 Å². The van der Waals surface area contributed by atoms with Gasteiger partial charge in [0.1, 0.15) is 0 Å². The highest BCUT2D eigenvalue weighted by Crippen LogP contribution is 2.33. The van der Waals surface area contributed by atoms with Crippen LogP contribution in [0.3, 0.4) is 0 Å². The summed E-state index contributed by atoms with van der Waals surface area (Å²) in [4.78, 5) is 2.43. The first-order chi connectivity index (χ1) is 9.65. The van der Waals surface area contributed by atoms with E-state index in [-0.39, 0.29) is 0 Å². The second-order valence-electron chi connectivity index (χ2n) is 5.50. The first kappa shape index (κ1) is 13.3. The zero-order valence-corrected chi connectivity index (χ0v) is 12.4. The van der Waals surface area contributed by atoms with Gasteiger partial charge in [0, 0.05) is 29.0 Å². The highest BCUT2D eigenvalue weighted by atomic mass is 35.5. The van der Waals surface area contributed by atoms with Crippen LogP contribution in [-0.4, -0.2) is 6.04 Å². The van der Waals surface area contributed by atoms with E-state index in [0.717, 1.165) is 29.2 Å². The lowest BCUT2D eigenvalue weighted by Gasteiger charge is -2.37. The Bertz CT molecular complexity index is 624. The maximum absolute atomic E-state index is 6.31. The maximum Gasteiger partial charge on any atom is 0.0457 e. The van der Waals surface area contributed by atoms with Gasteiger partial charge in [0.25, 0.3) is 0 Å². The van der Waals surface area contributed by atoms with Crippen molar-refractivity contribution in [1.82, 2.24) is 0 Å². The van der Waals surface area contributed by atoms with Crippen LogP contribution in [-0.2, 0) is 13.0 Å². The van der Waals surface area contributed by atoms with E-state index < -0.39 is 0 Å². The number of halogens is 1. The average Bonchev–Trinajstić information content (AvgIpc) is 2.46. The Labute approximate surface area is 125 Å². The van der Waals surface area contributed by atoms with E-state index in [1.165, 1.54) is 17.7 Å². The first-order valence-electron chi connectivity index (χ1n) is 7.03. The Hall–Kier alpha value is -1.67. The molecule has 2 aromatic carbocycles. The third-order valence-corrected chi connectivity index (χ3v) is 4.44. The number of nitrogen functional groups attached to an aromatic ring is 1. The molecule has 0 aromatic heterocycles. The minimum atomic E-state index is 0.516. The molecule has 0 spiro atoms. The van der Waals surface area contributed by atoms with Crippen molar-refractivity contribution in [3.63, 3.8) is 0 Å². The SMILES string of the molecule is CC1CCc2ccccc2N1Cc1cc(N)ccc1Cl. The molecule has 0 amide bonds. The monoisotopic (exact) mass is 286 g/mol. The summed E-state index contributed by atoms with van der Waals surface area (Å²) in [6.07, 6.45) is 2.33. The fourth-order valence-electron chi connectivity index (χ4n) is 2.90. The van der Waals surface area contributed by atoms with Crippen LogP contribution < -0.4 is 10.6 Å². The zero-order valence-electron chi connectivity index (χ0n) is 11.6. The smallest absolute Gasteiger partial charge is 0.0457 e. The number of para-hydroxylation sites is 1. The van der Waals surface area contributed by atoms with Gasteiger partial charge in [0.05, 0.1) is 0 Å². The molecule has 0 saturated heterocycles. The number of rotatable bonds is 2. The third-order valence-electron chi connectivity index (χ3n) is 4.08. The molecule has 1 heterocycles. The number of aryl methyl sites for hydroxylation is 1. The number of nitrogens with two attached hydrogens (primary N) is 1. The van der Waals surface area contributed by atoms with E-state index in [1.807, 2.05) is 18.2 Å². The lowest BCUT2D eigenvalue weighted by atomic mass is 9.96. The van der Waals surface area contributed by atoms with Gasteiger partial charge in [-0.1, -0.05) is 29.8 Å². The molecule has 2 aromatic rings. The first-order valence-corrected chi connectivity index (χ1v) is 7.41. The number of anilines is 2. The predicted octanol–water partition coefficient (Wildman–Crippen LogP) is 4.26. The highest BCUT2D eigenvalue weighted by molar-refractivity contribution is 6.31. The zero-order chi connectivity index (χ0) is 14.1. The van der Waals surface area contributed by atoms with Crippen molar-refractivity contribution in [2.24, 2.45) is 0 Å². The van der Waals surface area contributed by atoms with Crippen LogP contribution in [0.2, 0.25) is 5.02 Å². The molecule has 3 heteroatoms. The Morgan fingerprint density at radius 3 is 2.90 bits per heavy atom. The molecule has 20 heavy (non-hydrogen) atoms. The van der Waals surface area contributed by atoms with Crippen LogP contribution in [0.5, 0.6) is 0 Å². The number of nitrogens with zero attached hydrogens (tertiary/aromatic N) is 1. The molecule has 0 fully saturated rings. The molecule has 0 bridgehead atoms. The largest absolute Gasteiger partial charge is 0.399 e. The number of hydrogen-bond donors (Lipinski definition) is 1. The molecule has 0 aliphatic carbocycles. The van der Waals surface area contributed by atoms with Gasteiger partial charge < -0.3 is 10.6 Å². The quantitative estimate of drug-likeness (QED) is 0.836. The Balaban J connectivity index is 1.95. The van der Waals surface area contributed by atoms with Crippen LogP contribution in [0.4, 0.5) is 11.4 Å². The number of hydrogen-bond acceptors (Lipinski definition) is 2. The van der Waals surface area contributed by atoms with Crippen molar-refractivity contribution in [2.75, 3.05) is 10.6 Å². The van der Waals surface area contributed by atoms with Crippen molar-refractivity contribution in [3.05, 3.63) is 58.6 Å². The van der Waals surface area contributed by atoms with Crippen molar-refractivity contribution >= 4 is 23.0 Å². The third kappa shape index (κ3) is 2.48. The highest BCUT2D eigenvalue weighted by Gasteiger charge is 2.23. The summed E-state index contributed by atoms with van der Waals surface area (Å²) < 4.78 is 0. The molecule has 2 nitrogen and oxygen atoms in total. The second kappa shape index (κ2) is 5.37. The minimum Gasteiger partial charge on any atom is -0.399 e. The molecule has 0 radical (unpaired) electrons. The maximum atomic E-state index is 6.31. The summed E-state index contributed by atoms with van der Waals surface area (Å²) >= 11 is 6.31. The normalized spacial score (nSPS) is 17.9. The molecule has 1 aliphatic rings. The second-order valence-corrected chi connectivity index (χ2v) is 5.90. The van der Waals surface area contributed by atoms with Crippen LogP contribution >= 0.6 is 11.6 Å². The van der Waals surface area contributed by atoms with Crippen LogP contribution in [0.1, 0.15) is 24.5 Å². The summed E-state index contributed by atoms with van der Waals surface area (Å²) in [5, 5.41) is 0.787. The summed E-state index contributed by atoms with van der Waals surface area (Å²) in [5.74, 6) is 0. The molecule has 1 unspecified atom stereocenters. The topological polar surface area (TPSA) is 29.3 Å². The molecule has 3 rings (SSSR count). The molecule has 1 aliphatic heterocycles. The van der Waals surface area contributed by atoms with E-state index in [0.29, 0.717) is 6.04 Å². The molecule has 104 valence electrons. The van der Waals surface area contributed by atoms with Gasteiger partial charge in [-0.3, -0.25) is 0 Å². The summed E-state index contributed by atoms with van der Waals surface area (Å²) in [5.41, 5.74) is 10.5. The van der Waals surface area contributed by atoms with Gasteiger partial charge in [-0.15, -0.1) is 0 Å². The van der Waals surface area contributed by atoms with E-state index in [4.69, 9.17) is 17.3 Å². The van der Waals surface area contributed by atoms with Gasteiger partial charge in [0.15, 0.2) is 0 Å². The van der Waals surface area contributed by atoms with Gasteiger partial charge >= 0.3 is 0 Å². The molecule has 0 saturated carbocycles. The van der Waals surface area contributed by atoms with E-state index in [1.54, 1.807) is 0 Å². The lowest BCUT2D eigenvalue weighted by molar-refractivity contribution is 0.560. The predicted molar refractivity (Wildman–Crippen MR) is 86.3 cm³/mol.